The molecule has 2 aromatic heterocycles. The number of nitrogens with zero attached hydrogens (tertiary/aromatic N) is 5. The number of nitrogens with one attached hydrogen (secondary N) is 3. The van der Waals surface area contributed by atoms with E-state index < -0.39 is 0 Å². The molecule has 0 spiro atoms. The first-order chi connectivity index (χ1) is 14.3. The van der Waals surface area contributed by atoms with Crippen LogP contribution in [0.15, 0.2) is 30.3 Å². The zero-order chi connectivity index (χ0) is 19.6. The monoisotopic (exact) mass is 392 g/mol. The lowest BCUT2D eigenvalue weighted by molar-refractivity contribution is 0.415. The van der Waals surface area contributed by atoms with Crippen molar-refractivity contribution in [3.05, 3.63) is 36.0 Å². The third-order valence-electron chi connectivity index (χ3n) is 5.19. The first kappa shape index (κ1) is 17.7. The van der Waals surface area contributed by atoms with Crippen molar-refractivity contribution in [3.8, 4) is 5.75 Å². The molecule has 3 heterocycles. The fourth-order valence-corrected chi connectivity index (χ4v) is 3.48. The molecule has 29 heavy (non-hydrogen) atoms. The van der Waals surface area contributed by atoms with E-state index in [1.54, 1.807) is 7.11 Å². The summed E-state index contributed by atoms with van der Waals surface area (Å²) >= 11 is 0. The van der Waals surface area contributed by atoms with Crippen LogP contribution in [0.3, 0.4) is 0 Å². The van der Waals surface area contributed by atoms with Crippen molar-refractivity contribution in [1.82, 2.24) is 25.1 Å². The molecule has 1 saturated carbocycles. The molecular formula is C20H24N8O. The number of aromatic amines is 1. The van der Waals surface area contributed by atoms with Gasteiger partial charge in [0.15, 0.2) is 5.82 Å². The highest BCUT2D eigenvalue weighted by atomic mass is 16.5. The van der Waals surface area contributed by atoms with Crippen molar-refractivity contribution in [2.75, 3.05) is 35.7 Å². The summed E-state index contributed by atoms with van der Waals surface area (Å²) in [7, 11) is 1.65. The molecule has 0 amide bonds. The molecule has 1 saturated heterocycles. The standard InChI is InChI=1S/C20H24N8O/c1-29-15-6-4-5-14(11-15)21-18-23-19(25-20(24-18)28-9-2-3-10-28)22-17-12-16(26-27-17)13-7-8-13/h4-6,11-13H,2-3,7-10H2,1H3,(H3,21,22,23,24,25,26,27). The average molecular weight is 392 g/mol. The van der Waals surface area contributed by atoms with E-state index in [1.807, 2.05) is 30.3 Å². The Labute approximate surface area is 168 Å². The Kier molecular flexibility index (Phi) is 4.63. The van der Waals surface area contributed by atoms with Crippen molar-refractivity contribution >= 4 is 29.4 Å². The van der Waals surface area contributed by atoms with Crippen LogP contribution < -0.4 is 20.3 Å². The van der Waals surface area contributed by atoms with Crippen molar-refractivity contribution in [1.29, 1.82) is 0 Å². The second kappa shape index (κ2) is 7.57. The van der Waals surface area contributed by atoms with Crippen LogP contribution in [0.5, 0.6) is 5.75 Å². The number of methoxy groups -OCH3 is 1. The molecule has 5 rings (SSSR count). The molecule has 1 aliphatic carbocycles. The lowest BCUT2D eigenvalue weighted by Crippen LogP contribution is -2.21. The molecule has 0 atom stereocenters. The van der Waals surface area contributed by atoms with Gasteiger partial charge in [0, 0.05) is 42.5 Å². The summed E-state index contributed by atoms with van der Waals surface area (Å²) in [6, 6.07) is 9.71. The van der Waals surface area contributed by atoms with Gasteiger partial charge in [-0.2, -0.15) is 20.1 Å². The van der Waals surface area contributed by atoms with Gasteiger partial charge in [-0.3, -0.25) is 5.10 Å². The summed E-state index contributed by atoms with van der Waals surface area (Å²) < 4.78 is 5.30. The zero-order valence-electron chi connectivity index (χ0n) is 16.4. The maximum atomic E-state index is 5.30. The molecule has 3 aromatic rings. The molecule has 1 aromatic carbocycles. The zero-order valence-corrected chi connectivity index (χ0v) is 16.4. The first-order valence-electron chi connectivity index (χ1n) is 10.0. The number of H-pyrrole nitrogens is 1. The Morgan fingerprint density at radius 2 is 1.83 bits per heavy atom. The Hall–Kier alpha value is -3.36. The summed E-state index contributed by atoms with van der Waals surface area (Å²) in [6.07, 6.45) is 4.75. The largest absolute Gasteiger partial charge is 0.497 e. The summed E-state index contributed by atoms with van der Waals surface area (Å²) in [6.45, 7) is 1.91. The van der Waals surface area contributed by atoms with E-state index >= 15 is 0 Å². The first-order valence-corrected chi connectivity index (χ1v) is 10.0. The number of benzene rings is 1. The maximum absolute atomic E-state index is 5.30. The van der Waals surface area contributed by atoms with E-state index in [0.717, 1.165) is 48.9 Å². The third kappa shape index (κ3) is 4.08. The minimum atomic E-state index is 0.473. The van der Waals surface area contributed by atoms with Crippen molar-refractivity contribution in [3.63, 3.8) is 0 Å². The molecule has 3 N–H and O–H groups in total. The van der Waals surface area contributed by atoms with E-state index in [1.165, 1.54) is 12.8 Å². The molecule has 2 fully saturated rings. The van der Waals surface area contributed by atoms with E-state index in [2.05, 4.69) is 40.7 Å². The molecule has 0 radical (unpaired) electrons. The molecule has 9 nitrogen and oxygen atoms in total. The molecule has 150 valence electrons. The van der Waals surface area contributed by atoms with Crippen molar-refractivity contribution in [2.24, 2.45) is 0 Å². The fourth-order valence-electron chi connectivity index (χ4n) is 3.48. The lowest BCUT2D eigenvalue weighted by Gasteiger charge is -2.17. The van der Waals surface area contributed by atoms with E-state index in [9.17, 15) is 0 Å². The summed E-state index contributed by atoms with van der Waals surface area (Å²) in [5, 5.41) is 13.9. The van der Waals surface area contributed by atoms with E-state index in [0.29, 0.717) is 23.8 Å². The summed E-state index contributed by atoms with van der Waals surface area (Å²) in [4.78, 5) is 16.0. The smallest absolute Gasteiger partial charge is 0.235 e. The van der Waals surface area contributed by atoms with Crippen molar-refractivity contribution in [2.45, 2.75) is 31.6 Å². The summed E-state index contributed by atoms with van der Waals surface area (Å²) in [5.74, 6) is 3.73. The minimum Gasteiger partial charge on any atom is -0.497 e. The Morgan fingerprint density at radius 1 is 1.03 bits per heavy atom. The predicted octanol–water partition coefficient (Wildman–Crippen LogP) is 3.57. The number of aromatic nitrogens is 5. The predicted molar refractivity (Wildman–Crippen MR) is 111 cm³/mol. The highest BCUT2D eigenvalue weighted by molar-refractivity contribution is 5.59. The molecule has 0 unspecified atom stereocenters. The quantitative estimate of drug-likeness (QED) is 0.561. The molecule has 1 aliphatic heterocycles. The lowest BCUT2D eigenvalue weighted by atomic mass is 10.3. The van der Waals surface area contributed by atoms with Crippen LogP contribution in [0.2, 0.25) is 0 Å². The second-order valence-corrected chi connectivity index (χ2v) is 7.44. The minimum absolute atomic E-state index is 0.473. The second-order valence-electron chi connectivity index (χ2n) is 7.44. The highest BCUT2D eigenvalue weighted by Crippen LogP contribution is 2.39. The number of anilines is 5. The average Bonchev–Trinajstić information content (AvgIpc) is 3.24. The SMILES string of the molecule is COc1cccc(Nc2nc(Nc3cc(C4CC4)[nH]n3)nc(N3CCCC3)n2)c1. The highest BCUT2D eigenvalue weighted by Gasteiger charge is 2.25. The number of hydrogen-bond acceptors (Lipinski definition) is 8. The van der Waals surface area contributed by atoms with Gasteiger partial charge in [-0.1, -0.05) is 6.07 Å². The van der Waals surface area contributed by atoms with Crippen LogP contribution in [0.25, 0.3) is 0 Å². The Morgan fingerprint density at radius 3 is 2.59 bits per heavy atom. The van der Waals surface area contributed by atoms with Gasteiger partial charge in [0.2, 0.25) is 17.8 Å². The molecular weight excluding hydrogens is 368 g/mol. The normalized spacial score (nSPS) is 16.1. The molecule has 9 heteroatoms. The van der Waals surface area contributed by atoms with Crippen LogP contribution >= 0.6 is 0 Å². The van der Waals surface area contributed by atoms with Crippen LogP contribution in [-0.4, -0.2) is 45.3 Å². The van der Waals surface area contributed by atoms with E-state index in [4.69, 9.17) is 4.74 Å². The molecule has 0 bridgehead atoms. The van der Waals surface area contributed by atoms with Gasteiger partial charge in [-0.05, 0) is 37.8 Å². The van der Waals surface area contributed by atoms with Crippen LogP contribution in [-0.2, 0) is 0 Å². The van der Waals surface area contributed by atoms with E-state index in [-0.39, 0.29) is 0 Å². The van der Waals surface area contributed by atoms with Gasteiger partial charge >= 0.3 is 0 Å². The van der Waals surface area contributed by atoms with Crippen LogP contribution in [0.1, 0.15) is 37.3 Å². The van der Waals surface area contributed by atoms with Gasteiger partial charge in [0.25, 0.3) is 0 Å². The van der Waals surface area contributed by atoms with Gasteiger partial charge < -0.3 is 20.3 Å². The topological polar surface area (TPSA) is 104 Å². The number of hydrogen-bond donors (Lipinski definition) is 3. The van der Waals surface area contributed by atoms with Gasteiger partial charge in [0.1, 0.15) is 5.75 Å². The maximum Gasteiger partial charge on any atom is 0.235 e. The molecule has 2 aliphatic rings. The van der Waals surface area contributed by atoms with Crippen LogP contribution in [0.4, 0.5) is 29.4 Å². The van der Waals surface area contributed by atoms with Crippen LogP contribution in [0, 0.1) is 0 Å². The van der Waals surface area contributed by atoms with Gasteiger partial charge in [-0.25, -0.2) is 0 Å². The van der Waals surface area contributed by atoms with Gasteiger partial charge in [0.05, 0.1) is 7.11 Å². The summed E-state index contributed by atoms with van der Waals surface area (Å²) in [5.41, 5.74) is 2.01. The van der Waals surface area contributed by atoms with Crippen molar-refractivity contribution < 1.29 is 4.74 Å². The third-order valence-corrected chi connectivity index (χ3v) is 5.19. The Bertz CT molecular complexity index is 994. The number of rotatable bonds is 7. The van der Waals surface area contributed by atoms with Gasteiger partial charge in [-0.15, -0.1) is 0 Å². The Balaban J connectivity index is 1.42. The fraction of sp³-hybridized carbons (Fsp3) is 0.400. The number of ether oxygens (including phenoxy) is 1.